The predicted octanol–water partition coefficient (Wildman–Crippen LogP) is 0.181. The van der Waals surface area contributed by atoms with Crippen LogP contribution >= 0.6 is 11.6 Å². The van der Waals surface area contributed by atoms with Crippen molar-refractivity contribution in [3.63, 3.8) is 0 Å². The van der Waals surface area contributed by atoms with Gasteiger partial charge in [-0.3, -0.25) is 0 Å². The summed E-state index contributed by atoms with van der Waals surface area (Å²) < 4.78 is 29.9. The van der Waals surface area contributed by atoms with Crippen molar-refractivity contribution in [1.29, 1.82) is 0 Å². The van der Waals surface area contributed by atoms with Gasteiger partial charge in [-0.1, -0.05) is 6.92 Å². The summed E-state index contributed by atoms with van der Waals surface area (Å²) in [6.07, 6.45) is 0. The Balaban J connectivity index is 2.33. The van der Waals surface area contributed by atoms with Gasteiger partial charge in [0.25, 0.3) is 0 Å². The zero-order chi connectivity index (χ0) is 9.95. The Morgan fingerprint density at radius 3 is 2.54 bits per heavy atom. The van der Waals surface area contributed by atoms with E-state index < -0.39 is 10.0 Å². The van der Waals surface area contributed by atoms with Crippen molar-refractivity contribution in [1.82, 2.24) is 4.72 Å². The highest BCUT2D eigenvalue weighted by atomic mass is 35.5. The van der Waals surface area contributed by atoms with Crippen LogP contribution < -0.4 is 4.72 Å². The molecule has 0 unspecified atom stereocenters. The third kappa shape index (κ3) is 3.42. The van der Waals surface area contributed by atoms with Crippen LogP contribution in [-0.2, 0) is 14.8 Å². The van der Waals surface area contributed by atoms with Crippen molar-refractivity contribution in [3.8, 4) is 0 Å². The number of nitrogens with one attached hydrogen (secondary N) is 1. The van der Waals surface area contributed by atoms with Crippen LogP contribution in [0.4, 0.5) is 0 Å². The minimum absolute atomic E-state index is 0.0223. The fraction of sp³-hybridized carbons (Fsp3) is 1.00. The standard InChI is InChI=1S/C7H14ClNO3S/c1-7(5-12-6-7)4-9-13(10,11)3-2-8/h9H,2-6H2,1H3. The number of halogens is 1. The Labute approximate surface area is 83.7 Å². The normalized spacial score (nSPS) is 21.1. The van der Waals surface area contributed by atoms with Gasteiger partial charge in [-0.05, 0) is 0 Å². The summed E-state index contributed by atoms with van der Waals surface area (Å²) in [6, 6.07) is 0. The molecule has 1 rings (SSSR count). The highest BCUT2D eigenvalue weighted by Crippen LogP contribution is 2.25. The molecule has 4 nitrogen and oxygen atoms in total. The van der Waals surface area contributed by atoms with Gasteiger partial charge in [0.15, 0.2) is 0 Å². The zero-order valence-corrected chi connectivity index (χ0v) is 9.12. The molecular formula is C7H14ClNO3S. The number of sulfonamides is 1. The maximum atomic E-state index is 11.2. The van der Waals surface area contributed by atoms with Gasteiger partial charge in [0, 0.05) is 17.8 Å². The molecule has 1 saturated heterocycles. The highest BCUT2D eigenvalue weighted by Gasteiger charge is 2.34. The molecule has 0 spiro atoms. The summed E-state index contributed by atoms with van der Waals surface area (Å²) in [5.74, 6) is 0.105. The summed E-state index contributed by atoms with van der Waals surface area (Å²) in [5.41, 5.74) is -0.0284. The molecule has 1 heterocycles. The van der Waals surface area contributed by atoms with E-state index in [0.717, 1.165) is 0 Å². The Kier molecular flexibility index (Phi) is 3.57. The molecule has 78 valence electrons. The topological polar surface area (TPSA) is 55.4 Å². The van der Waals surface area contributed by atoms with E-state index in [4.69, 9.17) is 16.3 Å². The van der Waals surface area contributed by atoms with Gasteiger partial charge in [-0.25, -0.2) is 13.1 Å². The Hall–Kier alpha value is 0.160. The van der Waals surface area contributed by atoms with Crippen molar-refractivity contribution < 1.29 is 13.2 Å². The van der Waals surface area contributed by atoms with Gasteiger partial charge in [-0.15, -0.1) is 11.6 Å². The van der Waals surface area contributed by atoms with E-state index >= 15 is 0 Å². The fourth-order valence-corrected chi connectivity index (χ4v) is 2.54. The molecule has 0 radical (unpaired) electrons. The first kappa shape index (κ1) is 11.2. The number of ether oxygens (including phenoxy) is 1. The molecule has 0 atom stereocenters. The molecule has 0 aromatic carbocycles. The van der Waals surface area contributed by atoms with E-state index in [-0.39, 0.29) is 17.0 Å². The van der Waals surface area contributed by atoms with Crippen LogP contribution in [-0.4, -0.2) is 39.8 Å². The van der Waals surface area contributed by atoms with Crippen LogP contribution in [0.15, 0.2) is 0 Å². The first-order valence-electron chi connectivity index (χ1n) is 4.08. The molecule has 0 saturated carbocycles. The van der Waals surface area contributed by atoms with E-state index in [9.17, 15) is 8.42 Å². The summed E-state index contributed by atoms with van der Waals surface area (Å²) in [7, 11) is -3.18. The average molecular weight is 228 g/mol. The van der Waals surface area contributed by atoms with Crippen LogP contribution in [0.3, 0.4) is 0 Å². The lowest BCUT2D eigenvalue weighted by Crippen LogP contribution is -2.49. The van der Waals surface area contributed by atoms with Crippen LogP contribution in [0.1, 0.15) is 6.92 Å². The first-order chi connectivity index (χ1) is 5.97. The van der Waals surface area contributed by atoms with Gasteiger partial charge < -0.3 is 4.74 Å². The lowest BCUT2D eigenvalue weighted by Gasteiger charge is -2.37. The predicted molar refractivity (Wildman–Crippen MR) is 51.4 cm³/mol. The van der Waals surface area contributed by atoms with Crippen LogP contribution in [0.5, 0.6) is 0 Å². The van der Waals surface area contributed by atoms with Gasteiger partial charge in [-0.2, -0.15) is 0 Å². The Bertz CT molecular complexity index is 261. The maximum absolute atomic E-state index is 11.2. The van der Waals surface area contributed by atoms with E-state index in [1.54, 1.807) is 0 Å². The van der Waals surface area contributed by atoms with Crippen LogP contribution in [0.25, 0.3) is 0 Å². The third-order valence-electron chi connectivity index (χ3n) is 1.97. The molecule has 0 amide bonds. The highest BCUT2D eigenvalue weighted by molar-refractivity contribution is 7.89. The van der Waals surface area contributed by atoms with E-state index in [0.29, 0.717) is 19.8 Å². The SMILES string of the molecule is CC1(CNS(=O)(=O)CCCl)COC1. The molecule has 0 aliphatic carbocycles. The molecular weight excluding hydrogens is 214 g/mol. The number of hydrogen-bond acceptors (Lipinski definition) is 3. The van der Waals surface area contributed by atoms with Crippen molar-refractivity contribution in [3.05, 3.63) is 0 Å². The molecule has 0 bridgehead atoms. The molecule has 1 N–H and O–H groups in total. The van der Waals surface area contributed by atoms with Gasteiger partial charge >= 0.3 is 0 Å². The summed E-state index contributed by atoms with van der Waals surface area (Å²) in [5, 5.41) is 0. The second-order valence-electron chi connectivity index (χ2n) is 3.63. The second-order valence-corrected chi connectivity index (χ2v) is 5.94. The molecule has 1 aliphatic heterocycles. The number of alkyl halides is 1. The largest absolute Gasteiger partial charge is 0.380 e. The van der Waals surface area contributed by atoms with Crippen molar-refractivity contribution in [2.24, 2.45) is 5.41 Å². The number of rotatable bonds is 5. The maximum Gasteiger partial charge on any atom is 0.212 e. The lowest BCUT2D eigenvalue weighted by molar-refractivity contribution is -0.0965. The minimum Gasteiger partial charge on any atom is -0.380 e. The molecule has 1 fully saturated rings. The average Bonchev–Trinajstić information content (AvgIpc) is 1.97. The van der Waals surface area contributed by atoms with Gasteiger partial charge in [0.05, 0.1) is 19.0 Å². The quantitative estimate of drug-likeness (QED) is 0.682. The summed E-state index contributed by atoms with van der Waals surface area (Å²) in [4.78, 5) is 0. The molecule has 1 aliphatic rings. The minimum atomic E-state index is -3.18. The zero-order valence-electron chi connectivity index (χ0n) is 7.55. The van der Waals surface area contributed by atoms with E-state index in [1.165, 1.54) is 0 Å². The smallest absolute Gasteiger partial charge is 0.212 e. The molecule has 6 heteroatoms. The molecule has 13 heavy (non-hydrogen) atoms. The van der Waals surface area contributed by atoms with E-state index in [1.807, 2.05) is 6.92 Å². The van der Waals surface area contributed by atoms with Gasteiger partial charge in [0.1, 0.15) is 0 Å². The Morgan fingerprint density at radius 2 is 2.15 bits per heavy atom. The fourth-order valence-electron chi connectivity index (χ4n) is 1.01. The summed E-state index contributed by atoms with van der Waals surface area (Å²) in [6.45, 7) is 3.67. The van der Waals surface area contributed by atoms with Crippen LogP contribution in [0, 0.1) is 5.41 Å². The summed E-state index contributed by atoms with van der Waals surface area (Å²) >= 11 is 5.34. The second kappa shape index (κ2) is 4.13. The van der Waals surface area contributed by atoms with E-state index in [2.05, 4.69) is 4.72 Å². The van der Waals surface area contributed by atoms with Gasteiger partial charge in [0.2, 0.25) is 10.0 Å². The first-order valence-corrected chi connectivity index (χ1v) is 6.27. The third-order valence-corrected chi connectivity index (χ3v) is 3.70. The molecule has 0 aromatic heterocycles. The monoisotopic (exact) mass is 227 g/mol. The van der Waals surface area contributed by atoms with Crippen molar-refractivity contribution >= 4 is 21.6 Å². The lowest BCUT2D eigenvalue weighted by atomic mass is 9.89. The van der Waals surface area contributed by atoms with Crippen molar-refractivity contribution in [2.45, 2.75) is 6.92 Å². The Morgan fingerprint density at radius 1 is 1.54 bits per heavy atom. The number of hydrogen-bond donors (Lipinski definition) is 1. The molecule has 0 aromatic rings. The van der Waals surface area contributed by atoms with Crippen LogP contribution in [0.2, 0.25) is 0 Å². The van der Waals surface area contributed by atoms with Crippen molar-refractivity contribution in [2.75, 3.05) is 31.4 Å².